The number of benzene rings is 3. The van der Waals surface area contributed by atoms with Crippen molar-refractivity contribution in [1.82, 2.24) is 20.0 Å². The third-order valence-electron chi connectivity index (χ3n) is 7.33. The minimum atomic E-state index is -4.37. The van der Waals surface area contributed by atoms with Gasteiger partial charge in [0.2, 0.25) is 0 Å². The number of nitrogens with one attached hydrogen (secondary N) is 1. The first-order valence-electron chi connectivity index (χ1n) is 13.4. The fourth-order valence-corrected chi connectivity index (χ4v) is 5.02. The Labute approximate surface area is 261 Å². The van der Waals surface area contributed by atoms with Gasteiger partial charge in [0, 0.05) is 44.4 Å². The maximum Gasteiger partial charge on any atom is 2.00 e. The molecule has 0 saturated carbocycles. The molecule has 1 aliphatic heterocycles. The molecule has 225 valence electrons. The molecule has 43 heavy (non-hydrogen) atoms. The van der Waals surface area contributed by atoms with E-state index in [0.717, 1.165) is 41.4 Å². The van der Waals surface area contributed by atoms with Crippen LogP contribution in [0.3, 0.4) is 0 Å². The van der Waals surface area contributed by atoms with Crippen LogP contribution in [0.1, 0.15) is 39.1 Å². The molecule has 5 rings (SSSR count). The van der Waals surface area contributed by atoms with Crippen LogP contribution in [0.4, 0.5) is 13.2 Å². The summed E-state index contributed by atoms with van der Waals surface area (Å²) in [6.45, 7) is 2.83. The molecular weight excluding hydrogens is 596 g/mol. The Balaban J connectivity index is 0.00000253. The molecule has 0 spiro atoms. The zero-order valence-corrected chi connectivity index (χ0v) is 25.4. The quantitative estimate of drug-likeness (QED) is 0.195. The number of rotatable bonds is 8. The number of aromatic nitrogens is 2. The largest absolute Gasteiger partial charge is 2.00 e. The van der Waals surface area contributed by atoms with E-state index in [2.05, 4.69) is 16.5 Å². The summed E-state index contributed by atoms with van der Waals surface area (Å²) in [6.07, 6.45) is -0.803. The van der Waals surface area contributed by atoms with E-state index < -0.39 is 11.7 Å². The van der Waals surface area contributed by atoms with Crippen LogP contribution < -0.4 is 5.32 Å². The molecule has 0 aliphatic carbocycles. The number of carbonyl (C=O) groups excluding carboxylic acids is 2. The molecule has 2 amide bonds. The monoisotopic (exact) mass is 629 g/mol. The number of alkyl halides is 3. The number of methoxy groups -OCH3 is 1. The predicted octanol–water partition coefficient (Wildman–Crippen LogP) is 5.90. The Hall–Kier alpha value is -3.60. The van der Waals surface area contributed by atoms with Gasteiger partial charge in [0.25, 0.3) is 5.91 Å². The van der Waals surface area contributed by atoms with Gasteiger partial charge in [-0.25, -0.2) is 5.10 Å². The second kappa shape index (κ2) is 14.7. The van der Waals surface area contributed by atoms with Crippen molar-refractivity contribution in [2.24, 2.45) is 5.92 Å². The van der Waals surface area contributed by atoms with Gasteiger partial charge in [-0.15, -0.1) is 18.2 Å². The van der Waals surface area contributed by atoms with Gasteiger partial charge in [0.15, 0.2) is 5.91 Å². The van der Waals surface area contributed by atoms with Crippen LogP contribution in [-0.2, 0) is 36.0 Å². The normalized spacial score (nSPS) is 13.7. The van der Waals surface area contributed by atoms with Gasteiger partial charge in [-0.2, -0.15) is 13.2 Å². The molecule has 1 N–H and O–H groups in total. The molecule has 4 aromatic rings. The van der Waals surface area contributed by atoms with E-state index in [1.807, 2.05) is 21.8 Å². The predicted molar refractivity (Wildman–Crippen MR) is 155 cm³/mol. The second-order valence-corrected chi connectivity index (χ2v) is 10.2. The number of hydrogen-bond donors (Lipinski definition) is 1. The summed E-state index contributed by atoms with van der Waals surface area (Å²) in [4.78, 5) is 27.2. The molecule has 0 atom stereocenters. The fourth-order valence-electron chi connectivity index (χ4n) is 5.02. The molecule has 1 saturated heterocycles. The smallest absolute Gasteiger partial charge is 0.383 e. The van der Waals surface area contributed by atoms with Gasteiger partial charge in [0.05, 0.1) is 12.2 Å². The summed E-state index contributed by atoms with van der Waals surface area (Å²) >= 11 is 0. The summed E-state index contributed by atoms with van der Waals surface area (Å²) in [7, 11) is 1.58. The Morgan fingerprint density at radius 1 is 1.00 bits per heavy atom. The standard InChI is InChI=1S/C31H30F3N4O3.CH3.V/c1-41-17-14-35-29(39)25-8-11-28-26(18-25)20-38(36-28)19-21-12-15-37(16-13-21)30(40)24-4-2-22(3-5-24)23-6-9-27(10-7-23)31(32,33)34;;/h2-11,20-21H,12-17,19H2,1H3,(H,35,39);1H3;/q2*-1;+2. The van der Waals surface area contributed by atoms with E-state index in [1.165, 1.54) is 12.1 Å². The Bertz CT molecular complexity index is 1510. The van der Waals surface area contributed by atoms with Gasteiger partial charge < -0.3 is 31.9 Å². The van der Waals surface area contributed by atoms with E-state index in [1.54, 1.807) is 37.4 Å². The zero-order chi connectivity index (χ0) is 29.0. The summed E-state index contributed by atoms with van der Waals surface area (Å²) < 4.78 is 45.3. The SMILES string of the molecule is COCCNC(=O)c1[c-]c2cn(CC3CCN(C(=O)c4ccc(-c5ccc(C(F)(F)F)cc5)cc4)CC3)nc2cc1.[CH3-].[V+2]. The molecule has 1 aliphatic rings. The molecule has 3 aromatic carbocycles. The maximum atomic E-state index is 13.1. The van der Waals surface area contributed by atoms with Crippen LogP contribution in [0.15, 0.2) is 66.9 Å². The molecule has 1 radical (unpaired) electrons. The van der Waals surface area contributed by atoms with Crippen LogP contribution in [0.25, 0.3) is 22.0 Å². The average Bonchev–Trinajstić information content (AvgIpc) is 3.38. The third kappa shape index (κ3) is 8.28. The van der Waals surface area contributed by atoms with Crippen LogP contribution in [-0.4, -0.2) is 59.8 Å². The van der Waals surface area contributed by atoms with Gasteiger partial charge in [-0.3, -0.25) is 4.79 Å². The number of likely N-dealkylation sites (tertiary alicyclic amines) is 1. The van der Waals surface area contributed by atoms with E-state index in [0.29, 0.717) is 55.4 Å². The number of halogens is 3. The van der Waals surface area contributed by atoms with Crippen molar-refractivity contribution >= 4 is 22.7 Å². The molecule has 0 unspecified atom stereocenters. The van der Waals surface area contributed by atoms with Crippen LogP contribution in [0.2, 0.25) is 0 Å². The molecular formula is C32H33F3N4O3V. The summed E-state index contributed by atoms with van der Waals surface area (Å²) in [6, 6.07) is 18.6. The number of fused-ring (bicyclic) bond motifs is 1. The molecule has 2 heterocycles. The van der Waals surface area contributed by atoms with Crippen molar-refractivity contribution in [3.63, 3.8) is 0 Å². The second-order valence-electron chi connectivity index (χ2n) is 10.2. The van der Waals surface area contributed by atoms with Crippen LogP contribution >= 0.6 is 0 Å². The summed E-state index contributed by atoms with van der Waals surface area (Å²) in [5, 5.41) is 8.20. The van der Waals surface area contributed by atoms with Crippen molar-refractivity contribution in [1.29, 1.82) is 0 Å². The molecule has 1 fully saturated rings. The van der Waals surface area contributed by atoms with Gasteiger partial charge in [-0.05, 0) is 60.3 Å². The topological polar surface area (TPSA) is 76.5 Å². The van der Waals surface area contributed by atoms with Crippen molar-refractivity contribution in [2.45, 2.75) is 25.6 Å². The maximum absolute atomic E-state index is 13.1. The first-order chi connectivity index (χ1) is 19.7. The third-order valence-corrected chi connectivity index (χ3v) is 7.33. The number of carbonyl (C=O) groups is 2. The summed E-state index contributed by atoms with van der Waals surface area (Å²) in [5.41, 5.74) is 2.48. The summed E-state index contributed by atoms with van der Waals surface area (Å²) in [5.74, 6) is 0.0911. The average molecular weight is 630 g/mol. The van der Waals surface area contributed by atoms with E-state index >= 15 is 0 Å². The molecule has 0 bridgehead atoms. The first kappa shape index (κ1) is 33.9. The Kier molecular flexibility index (Phi) is 11.6. The Morgan fingerprint density at radius 2 is 1.63 bits per heavy atom. The Morgan fingerprint density at radius 3 is 2.23 bits per heavy atom. The first-order valence-corrected chi connectivity index (χ1v) is 13.4. The minimum absolute atomic E-state index is 0. The van der Waals surface area contributed by atoms with E-state index in [4.69, 9.17) is 4.74 Å². The van der Waals surface area contributed by atoms with Gasteiger partial charge >= 0.3 is 24.7 Å². The number of hydrogen-bond acceptors (Lipinski definition) is 4. The number of piperidine rings is 1. The zero-order valence-electron chi connectivity index (χ0n) is 24.0. The van der Waals surface area contributed by atoms with Crippen LogP contribution in [0, 0.1) is 19.4 Å². The van der Waals surface area contributed by atoms with Crippen molar-refractivity contribution < 1.29 is 46.1 Å². The number of ether oxygens (including phenoxy) is 1. The minimum Gasteiger partial charge on any atom is -0.383 e. The van der Waals surface area contributed by atoms with E-state index in [-0.39, 0.29) is 37.8 Å². The number of amides is 2. The van der Waals surface area contributed by atoms with Crippen molar-refractivity contribution in [3.8, 4) is 11.1 Å². The van der Waals surface area contributed by atoms with Gasteiger partial charge in [0.1, 0.15) is 0 Å². The van der Waals surface area contributed by atoms with E-state index in [9.17, 15) is 22.8 Å². The van der Waals surface area contributed by atoms with Crippen molar-refractivity contribution in [3.05, 3.63) is 97.0 Å². The molecule has 1 aromatic heterocycles. The fraction of sp³-hybridized carbons (Fsp3) is 0.312. The van der Waals surface area contributed by atoms with Gasteiger partial charge in [-0.1, -0.05) is 35.2 Å². The number of nitrogens with zero attached hydrogens (tertiary/aromatic N) is 3. The molecule has 11 heteroatoms. The molecule has 7 nitrogen and oxygen atoms in total. The van der Waals surface area contributed by atoms with Crippen LogP contribution in [0.5, 0.6) is 0 Å². The van der Waals surface area contributed by atoms with Crippen molar-refractivity contribution in [2.75, 3.05) is 33.4 Å².